The van der Waals surface area contributed by atoms with Crippen LogP contribution in [0.3, 0.4) is 0 Å². The highest BCUT2D eigenvalue weighted by molar-refractivity contribution is 6.21. The Morgan fingerprint density at radius 2 is 2.00 bits per heavy atom. The first-order valence-corrected chi connectivity index (χ1v) is 4.12. The van der Waals surface area contributed by atoms with E-state index in [1.165, 1.54) is 0 Å². The van der Waals surface area contributed by atoms with Crippen molar-refractivity contribution in [2.75, 3.05) is 0 Å². The summed E-state index contributed by atoms with van der Waals surface area (Å²) in [6.45, 7) is 0. The number of halogens is 4. The van der Waals surface area contributed by atoms with Crippen LogP contribution in [0.4, 0.5) is 13.2 Å². The molecule has 1 aliphatic rings. The molecule has 4 heteroatoms. The minimum Gasteiger partial charge on any atom is -0.236 e. The van der Waals surface area contributed by atoms with Gasteiger partial charge in [0.05, 0.1) is 5.38 Å². The van der Waals surface area contributed by atoms with Crippen LogP contribution in [0.15, 0.2) is 0 Å². The summed E-state index contributed by atoms with van der Waals surface area (Å²) >= 11 is 5.46. The van der Waals surface area contributed by atoms with Gasteiger partial charge in [-0.3, -0.25) is 0 Å². The summed E-state index contributed by atoms with van der Waals surface area (Å²) in [7, 11) is 0. The van der Waals surface area contributed by atoms with E-state index >= 15 is 0 Å². The SMILES string of the molecule is FC(F)C1(F)CCCCC1Cl. The molecule has 0 aromatic carbocycles. The highest BCUT2D eigenvalue weighted by Crippen LogP contribution is 2.40. The quantitative estimate of drug-likeness (QED) is 0.552. The Labute approximate surface area is 68.7 Å². The van der Waals surface area contributed by atoms with Gasteiger partial charge in [-0.2, -0.15) is 0 Å². The van der Waals surface area contributed by atoms with Gasteiger partial charge in [-0.15, -0.1) is 11.6 Å². The fourth-order valence-electron chi connectivity index (χ4n) is 1.36. The first-order valence-electron chi connectivity index (χ1n) is 3.68. The summed E-state index contributed by atoms with van der Waals surface area (Å²) in [5.74, 6) is 0. The number of hydrogen-bond acceptors (Lipinski definition) is 0. The van der Waals surface area contributed by atoms with Gasteiger partial charge in [0.1, 0.15) is 0 Å². The molecule has 66 valence electrons. The molecule has 0 amide bonds. The fraction of sp³-hybridized carbons (Fsp3) is 1.00. The summed E-state index contributed by atoms with van der Waals surface area (Å²) in [5.41, 5.74) is -2.43. The normalized spacial score (nSPS) is 39.5. The van der Waals surface area contributed by atoms with E-state index in [9.17, 15) is 13.2 Å². The van der Waals surface area contributed by atoms with Crippen LogP contribution in [0, 0.1) is 0 Å². The zero-order chi connectivity index (χ0) is 8.48. The van der Waals surface area contributed by atoms with E-state index in [-0.39, 0.29) is 6.42 Å². The summed E-state index contributed by atoms with van der Waals surface area (Å²) in [6.07, 6.45) is -1.40. The molecule has 0 nitrogen and oxygen atoms in total. The van der Waals surface area contributed by atoms with Crippen LogP contribution in [0.25, 0.3) is 0 Å². The second-order valence-electron chi connectivity index (χ2n) is 2.94. The van der Waals surface area contributed by atoms with Gasteiger partial charge in [0.2, 0.25) is 0 Å². The summed E-state index contributed by atoms with van der Waals surface area (Å²) in [6, 6.07) is 0. The molecule has 0 aromatic rings. The van der Waals surface area contributed by atoms with Crippen molar-refractivity contribution >= 4 is 11.6 Å². The van der Waals surface area contributed by atoms with Crippen LogP contribution in [0.5, 0.6) is 0 Å². The Morgan fingerprint density at radius 1 is 1.36 bits per heavy atom. The predicted octanol–water partition coefficient (Wildman–Crippen LogP) is 3.14. The van der Waals surface area contributed by atoms with Gasteiger partial charge in [0.15, 0.2) is 5.67 Å². The molecule has 11 heavy (non-hydrogen) atoms. The maximum Gasteiger partial charge on any atom is 0.273 e. The topological polar surface area (TPSA) is 0 Å². The van der Waals surface area contributed by atoms with Crippen molar-refractivity contribution in [2.24, 2.45) is 0 Å². The van der Waals surface area contributed by atoms with Crippen molar-refractivity contribution < 1.29 is 13.2 Å². The molecule has 0 aliphatic heterocycles. The summed E-state index contributed by atoms with van der Waals surface area (Å²) < 4.78 is 37.4. The number of alkyl halides is 4. The van der Waals surface area contributed by atoms with Crippen LogP contribution in [-0.2, 0) is 0 Å². The summed E-state index contributed by atoms with van der Waals surface area (Å²) in [5, 5.41) is -1.00. The molecule has 0 radical (unpaired) electrons. The average molecular weight is 187 g/mol. The van der Waals surface area contributed by atoms with Crippen molar-refractivity contribution in [1.29, 1.82) is 0 Å². The van der Waals surface area contributed by atoms with Gasteiger partial charge in [0, 0.05) is 0 Å². The lowest BCUT2D eigenvalue weighted by atomic mass is 9.86. The van der Waals surface area contributed by atoms with Gasteiger partial charge in [0.25, 0.3) is 6.43 Å². The lowest BCUT2D eigenvalue weighted by Gasteiger charge is -2.32. The van der Waals surface area contributed by atoms with Gasteiger partial charge in [-0.25, -0.2) is 13.2 Å². The van der Waals surface area contributed by atoms with E-state index in [1.807, 2.05) is 0 Å². The molecule has 0 bridgehead atoms. The molecule has 0 N–H and O–H groups in total. The third-order valence-electron chi connectivity index (χ3n) is 2.15. The number of hydrogen-bond donors (Lipinski definition) is 0. The predicted molar refractivity (Wildman–Crippen MR) is 38.0 cm³/mol. The van der Waals surface area contributed by atoms with Gasteiger partial charge in [-0.1, -0.05) is 6.42 Å². The van der Waals surface area contributed by atoms with E-state index in [0.29, 0.717) is 12.8 Å². The van der Waals surface area contributed by atoms with Crippen LogP contribution in [0.1, 0.15) is 25.7 Å². The third-order valence-corrected chi connectivity index (χ3v) is 2.73. The molecule has 1 rings (SSSR count). The number of rotatable bonds is 1. The first-order chi connectivity index (χ1) is 5.07. The van der Waals surface area contributed by atoms with Crippen molar-refractivity contribution in [3.63, 3.8) is 0 Å². The molecule has 0 aromatic heterocycles. The Hall–Kier alpha value is 0.0800. The van der Waals surface area contributed by atoms with Gasteiger partial charge in [-0.05, 0) is 19.3 Å². The molecular weight excluding hydrogens is 177 g/mol. The highest BCUT2D eigenvalue weighted by Gasteiger charge is 2.48. The van der Waals surface area contributed by atoms with Crippen molar-refractivity contribution in [3.05, 3.63) is 0 Å². The van der Waals surface area contributed by atoms with Gasteiger partial charge >= 0.3 is 0 Å². The fourth-order valence-corrected chi connectivity index (χ4v) is 1.72. The average Bonchev–Trinajstić information content (AvgIpc) is 1.95. The first kappa shape index (κ1) is 9.17. The second-order valence-corrected chi connectivity index (χ2v) is 3.47. The lowest BCUT2D eigenvalue weighted by Crippen LogP contribution is -2.43. The Morgan fingerprint density at radius 3 is 2.36 bits per heavy atom. The van der Waals surface area contributed by atoms with Crippen LogP contribution >= 0.6 is 11.6 Å². The van der Waals surface area contributed by atoms with Gasteiger partial charge < -0.3 is 0 Å². The Balaban J connectivity index is 2.64. The summed E-state index contributed by atoms with van der Waals surface area (Å²) in [4.78, 5) is 0. The molecule has 2 unspecified atom stereocenters. The minimum atomic E-state index is -2.94. The minimum absolute atomic E-state index is 0.0984. The Kier molecular flexibility index (Phi) is 2.68. The maximum absolute atomic E-state index is 13.2. The molecule has 1 aliphatic carbocycles. The molecular formula is C7H10ClF3. The molecule has 0 heterocycles. The lowest BCUT2D eigenvalue weighted by molar-refractivity contribution is -0.0539. The molecule has 1 saturated carbocycles. The molecule has 0 saturated heterocycles. The van der Waals surface area contributed by atoms with E-state index in [4.69, 9.17) is 11.6 Å². The molecule has 0 spiro atoms. The maximum atomic E-state index is 13.2. The van der Waals surface area contributed by atoms with E-state index < -0.39 is 17.5 Å². The second kappa shape index (κ2) is 3.21. The van der Waals surface area contributed by atoms with Crippen LogP contribution in [-0.4, -0.2) is 17.5 Å². The molecule has 1 fully saturated rings. The zero-order valence-electron chi connectivity index (χ0n) is 5.99. The monoisotopic (exact) mass is 186 g/mol. The van der Waals surface area contributed by atoms with Crippen molar-refractivity contribution in [3.8, 4) is 0 Å². The Bertz CT molecular complexity index is 140. The zero-order valence-corrected chi connectivity index (χ0v) is 6.75. The van der Waals surface area contributed by atoms with E-state index in [1.54, 1.807) is 0 Å². The van der Waals surface area contributed by atoms with E-state index in [2.05, 4.69) is 0 Å². The van der Waals surface area contributed by atoms with E-state index in [0.717, 1.165) is 6.42 Å². The van der Waals surface area contributed by atoms with Crippen LogP contribution in [0.2, 0.25) is 0 Å². The smallest absolute Gasteiger partial charge is 0.236 e. The molecule has 2 atom stereocenters. The highest BCUT2D eigenvalue weighted by atomic mass is 35.5. The largest absolute Gasteiger partial charge is 0.273 e. The van der Waals surface area contributed by atoms with Crippen molar-refractivity contribution in [1.82, 2.24) is 0 Å². The van der Waals surface area contributed by atoms with Crippen LogP contribution < -0.4 is 0 Å². The third kappa shape index (κ3) is 1.63. The van der Waals surface area contributed by atoms with Crippen molar-refractivity contribution in [2.45, 2.75) is 43.2 Å². The standard InChI is InChI=1S/C7H10ClF3/c8-5-3-1-2-4-7(5,11)6(9)10/h5-6H,1-4H2.